The normalized spacial score (nSPS) is 25.3. The van der Waals surface area contributed by atoms with Crippen molar-refractivity contribution in [3.63, 3.8) is 0 Å². The quantitative estimate of drug-likeness (QED) is 0.854. The fourth-order valence-corrected chi connectivity index (χ4v) is 5.15. The zero-order valence-electron chi connectivity index (χ0n) is 16.3. The Bertz CT molecular complexity index is 843. The molecule has 1 saturated carbocycles. The zero-order chi connectivity index (χ0) is 19.0. The van der Waals surface area contributed by atoms with Gasteiger partial charge in [-0.1, -0.05) is 0 Å². The van der Waals surface area contributed by atoms with E-state index >= 15 is 0 Å². The molecule has 2 N–H and O–H groups in total. The highest BCUT2D eigenvalue weighted by atomic mass is 19.1. The number of H-pyrrole nitrogens is 2. The molecule has 0 atom stereocenters. The summed E-state index contributed by atoms with van der Waals surface area (Å²) in [5, 5.41) is 0. The van der Waals surface area contributed by atoms with Gasteiger partial charge in [0.15, 0.2) is 0 Å². The zero-order valence-corrected chi connectivity index (χ0v) is 16.3. The van der Waals surface area contributed by atoms with Crippen molar-refractivity contribution >= 4 is 11.0 Å². The predicted molar refractivity (Wildman–Crippen MR) is 105 cm³/mol. The molecule has 0 radical (unpaired) electrons. The fourth-order valence-electron chi connectivity index (χ4n) is 5.15. The first-order valence-electron chi connectivity index (χ1n) is 10.3. The van der Waals surface area contributed by atoms with Crippen LogP contribution in [0, 0.1) is 12.7 Å². The monoisotopic (exact) mass is 375 g/mol. The van der Waals surface area contributed by atoms with E-state index in [1.807, 2.05) is 6.92 Å². The second-order valence-electron chi connectivity index (χ2n) is 8.09. The van der Waals surface area contributed by atoms with Gasteiger partial charge in [-0.3, -0.25) is 0 Å². The van der Waals surface area contributed by atoms with E-state index in [4.69, 9.17) is 4.74 Å². The summed E-state index contributed by atoms with van der Waals surface area (Å²) in [6.45, 7) is 6.79. The number of piperidine rings is 1. The lowest BCUT2D eigenvalue weighted by Crippen LogP contribution is -2.43. The number of aromatic nitrogens is 2. The highest BCUT2D eigenvalue weighted by molar-refractivity contribution is 5.80. The highest BCUT2D eigenvalue weighted by Gasteiger charge is 2.31. The van der Waals surface area contributed by atoms with Crippen LogP contribution in [0.5, 0.6) is 0 Å². The van der Waals surface area contributed by atoms with Crippen LogP contribution < -0.4 is 5.69 Å². The topological polar surface area (TPSA) is 61.1 Å². The summed E-state index contributed by atoms with van der Waals surface area (Å²) in [5.41, 5.74) is 2.76. The smallest absolute Gasteiger partial charge is 0.323 e. The summed E-state index contributed by atoms with van der Waals surface area (Å²) in [5.74, 6) is 0.0649. The van der Waals surface area contributed by atoms with Gasteiger partial charge in [0.1, 0.15) is 5.82 Å². The van der Waals surface area contributed by atoms with Gasteiger partial charge in [0.05, 0.1) is 17.1 Å². The summed E-state index contributed by atoms with van der Waals surface area (Å²) < 4.78 is 20.2. The Hall–Kier alpha value is -1.66. The third kappa shape index (κ3) is 3.69. The average molecular weight is 375 g/mol. The van der Waals surface area contributed by atoms with Crippen molar-refractivity contribution in [2.24, 2.45) is 0 Å². The molecular weight excluding hydrogens is 345 g/mol. The SMILES string of the molecule is CCOC1CCC(N2CCC(c3c(C)c(F)cc4[nH]c(=O)[nH]c34)CC2)CC1. The molecule has 2 heterocycles. The molecule has 5 nitrogen and oxygen atoms in total. The largest absolute Gasteiger partial charge is 0.379 e. The third-order valence-corrected chi connectivity index (χ3v) is 6.56. The van der Waals surface area contributed by atoms with Crippen molar-refractivity contribution in [3.05, 3.63) is 33.5 Å². The number of benzene rings is 1. The number of rotatable bonds is 4. The number of ether oxygens (including phenoxy) is 1. The first-order chi connectivity index (χ1) is 13.1. The Kier molecular flexibility index (Phi) is 5.37. The molecule has 1 aliphatic carbocycles. The minimum Gasteiger partial charge on any atom is -0.379 e. The van der Waals surface area contributed by atoms with Crippen molar-refractivity contribution in [1.29, 1.82) is 0 Å². The number of hydrogen-bond donors (Lipinski definition) is 2. The molecule has 0 amide bonds. The van der Waals surface area contributed by atoms with E-state index in [1.54, 1.807) is 0 Å². The molecule has 2 aliphatic rings. The second kappa shape index (κ2) is 7.76. The number of aromatic amines is 2. The van der Waals surface area contributed by atoms with Gasteiger partial charge >= 0.3 is 5.69 Å². The molecule has 1 saturated heterocycles. The molecule has 1 aromatic heterocycles. The first-order valence-corrected chi connectivity index (χ1v) is 10.3. The molecule has 0 spiro atoms. The van der Waals surface area contributed by atoms with Crippen LogP contribution in [0.25, 0.3) is 11.0 Å². The predicted octanol–water partition coefficient (Wildman–Crippen LogP) is 3.83. The number of hydrogen-bond acceptors (Lipinski definition) is 3. The van der Waals surface area contributed by atoms with E-state index in [9.17, 15) is 9.18 Å². The van der Waals surface area contributed by atoms with Crippen molar-refractivity contribution in [1.82, 2.24) is 14.9 Å². The van der Waals surface area contributed by atoms with Gasteiger partial charge in [-0.05, 0) is 88.6 Å². The fraction of sp³-hybridized carbons (Fsp3) is 0.667. The Labute approximate surface area is 159 Å². The van der Waals surface area contributed by atoms with Gasteiger partial charge in [0.25, 0.3) is 0 Å². The number of halogens is 1. The summed E-state index contributed by atoms with van der Waals surface area (Å²) in [4.78, 5) is 19.9. The molecule has 1 aromatic carbocycles. The van der Waals surface area contributed by atoms with Crippen LogP contribution in [0.2, 0.25) is 0 Å². The minimum absolute atomic E-state index is 0.232. The van der Waals surface area contributed by atoms with E-state index < -0.39 is 0 Å². The number of nitrogens with one attached hydrogen (secondary N) is 2. The summed E-state index contributed by atoms with van der Waals surface area (Å²) >= 11 is 0. The molecule has 6 heteroatoms. The Balaban J connectivity index is 1.45. The molecule has 4 rings (SSSR count). The van der Waals surface area contributed by atoms with E-state index in [-0.39, 0.29) is 11.5 Å². The maximum absolute atomic E-state index is 14.4. The summed E-state index contributed by atoms with van der Waals surface area (Å²) in [6, 6.07) is 2.08. The van der Waals surface area contributed by atoms with Crippen molar-refractivity contribution in [2.45, 2.75) is 70.4 Å². The lowest BCUT2D eigenvalue weighted by molar-refractivity contribution is 0.00946. The third-order valence-electron chi connectivity index (χ3n) is 6.56. The van der Waals surface area contributed by atoms with Gasteiger partial charge in [-0.2, -0.15) is 0 Å². The number of fused-ring (bicyclic) bond motifs is 1. The van der Waals surface area contributed by atoms with Gasteiger partial charge in [-0.25, -0.2) is 9.18 Å². The molecule has 2 aromatic rings. The van der Waals surface area contributed by atoms with Gasteiger partial charge in [0, 0.05) is 12.6 Å². The second-order valence-corrected chi connectivity index (χ2v) is 8.09. The standard InChI is InChI=1S/C21H30FN3O2/c1-3-27-16-6-4-15(5-7-16)25-10-8-14(9-11-25)19-13(2)17(22)12-18-20(19)24-21(26)23-18/h12,14-16H,3-11H2,1-2H3,(H2,23,24,26). The van der Waals surface area contributed by atoms with Crippen LogP contribution in [0.4, 0.5) is 4.39 Å². The lowest BCUT2D eigenvalue weighted by atomic mass is 9.84. The van der Waals surface area contributed by atoms with E-state index in [0.29, 0.717) is 29.1 Å². The lowest BCUT2D eigenvalue weighted by Gasteiger charge is -2.41. The molecule has 148 valence electrons. The number of nitrogens with zero attached hydrogens (tertiary/aromatic N) is 1. The molecule has 2 fully saturated rings. The van der Waals surface area contributed by atoms with Gasteiger partial charge < -0.3 is 19.6 Å². The number of likely N-dealkylation sites (tertiary alicyclic amines) is 1. The van der Waals surface area contributed by atoms with Crippen LogP contribution in [0.3, 0.4) is 0 Å². The van der Waals surface area contributed by atoms with Crippen LogP contribution in [-0.2, 0) is 4.74 Å². The van der Waals surface area contributed by atoms with Crippen LogP contribution >= 0.6 is 0 Å². The van der Waals surface area contributed by atoms with Crippen LogP contribution in [-0.4, -0.2) is 46.7 Å². The van der Waals surface area contributed by atoms with E-state index in [0.717, 1.165) is 56.5 Å². The number of imidazole rings is 1. The van der Waals surface area contributed by atoms with Crippen molar-refractivity contribution in [3.8, 4) is 0 Å². The molecular formula is C21H30FN3O2. The maximum atomic E-state index is 14.4. The molecule has 0 unspecified atom stereocenters. The Morgan fingerprint density at radius 2 is 1.85 bits per heavy atom. The Morgan fingerprint density at radius 1 is 1.15 bits per heavy atom. The highest BCUT2D eigenvalue weighted by Crippen LogP contribution is 2.37. The Morgan fingerprint density at radius 3 is 2.52 bits per heavy atom. The first kappa shape index (κ1) is 18.7. The van der Waals surface area contributed by atoms with E-state index in [2.05, 4.69) is 21.8 Å². The van der Waals surface area contributed by atoms with E-state index in [1.165, 1.54) is 18.9 Å². The van der Waals surface area contributed by atoms with Crippen LogP contribution in [0.15, 0.2) is 10.9 Å². The van der Waals surface area contributed by atoms with Gasteiger partial charge in [0.2, 0.25) is 0 Å². The average Bonchev–Trinajstić information content (AvgIpc) is 3.03. The minimum atomic E-state index is -0.264. The van der Waals surface area contributed by atoms with Crippen molar-refractivity contribution in [2.75, 3.05) is 19.7 Å². The van der Waals surface area contributed by atoms with Crippen molar-refractivity contribution < 1.29 is 9.13 Å². The van der Waals surface area contributed by atoms with Crippen LogP contribution in [0.1, 0.15) is 62.5 Å². The maximum Gasteiger partial charge on any atom is 0.323 e. The molecule has 0 bridgehead atoms. The summed E-state index contributed by atoms with van der Waals surface area (Å²) in [6.07, 6.45) is 7.21. The molecule has 27 heavy (non-hydrogen) atoms. The van der Waals surface area contributed by atoms with Gasteiger partial charge in [-0.15, -0.1) is 0 Å². The molecule has 1 aliphatic heterocycles. The summed E-state index contributed by atoms with van der Waals surface area (Å²) in [7, 11) is 0.